The molecule has 2 N–H and O–H groups in total. The number of carbonyl (C=O) groups excluding carboxylic acids is 1. The van der Waals surface area contributed by atoms with Crippen molar-refractivity contribution in [2.45, 2.75) is 11.5 Å². The van der Waals surface area contributed by atoms with Crippen LogP contribution in [0.5, 0.6) is 5.75 Å². The van der Waals surface area contributed by atoms with Crippen molar-refractivity contribution >= 4 is 15.9 Å². The van der Waals surface area contributed by atoms with Crippen LogP contribution in [0.3, 0.4) is 0 Å². The Kier molecular flexibility index (Phi) is 5.74. The average molecular weight is 397 g/mol. The number of para-hydroxylation sites is 1. The van der Waals surface area contributed by atoms with Gasteiger partial charge >= 0.3 is 5.91 Å². The molecule has 0 fully saturated rings. The molecule has 0 aliphatic rings. The molecule has 0 radical (unpaired) electrons. The molecule has 0 atom stereocenters. The molecule has 0 aliphatic carbocycles. The molecule has 3 aromatic rings. The second-order valence-corrected chi connectivity index (χ2v) is 7.25. The van der Waals surface area contributed by atoms with Gasteiger partial charge in [0.05, 0.1) is 16.5 Å². The van der Waals surface area contributed by atoms with Crippen LogP contribution in [0.25, 0.3) is 0 Å². The Morgan fingerprint density at radius 2 is 1.75 bits per heavy atom. The number of sulfonamides is 1. The molecule has 142 valence electrons. The van der Waals surface area contributed by atoms with E-state index in [4.69, 9.17) is 14.4 Å². The van der Waals surface area contributed by atoms with Crippen molar-refractivity contribution in [3.8, 4) is 11.8 Å². The van der Waals surface area contributed by atoms with Crippen molar-refractivity contribution in [3.05, 3.63) is 83.8 Å². The summed E-state index contributed by atoms with van der Waals surface area (Å²) in [7, 11) is -3.99. The van der Waals surface area contributed by atoms with Crippen LogP contribution < -0.4 is 15.0 Å². The van der Waals surface area contributed by atoms with Crippen LogP contribution in [0, 0.1) is 11.3 Å². The van der Waals surface area contributed by atoms with E-state index in [0.717, 1.165) is 0 Å². The summed E-state index contributed by atoms with van der Waals surface area (Å²) in [6, 6.07) is 19.2. The van der Waals surface area contributed by atoms with Gasteiger partial charge in [-0.25, -0.2) is 8.42 Å². The smallest absolute Gasteiger partial charge is 0.301 e. The van der Waals surface area contributed by atoms with Crippen molar-refractivity contribution < 1.29 is 22.4 Å². The highest BCUT2D eigenvalue weighted by atomic mass is 32.2. The van der Waals surface area contributed by atoms with Crippen LogP contribution in [0.15, 0.2) is 76.0 Å². The van der Waals surface area contributed by atoms with Crippen molar-refractivity contribution in [2.75, 3.05) is 0 Å². The molecule has 9 heteroatoms. The first-order valence-corrected chi connectivity index (χ1v) is 9.55. The number of nitrogens with zero attached hydrogens (tertiary/aromatic N) is 1. The zero-order valence-electron chi connectivity index (χ0n) is 14.5. The molecule has 1 heterocycles. The number of benzene rings is 2. The minimum absolute atomic E-state index is 0.0748. The van der Waals surface area contributed by atoms with Crippen LogP contribution in [-0.4, -0.2) is 14.3 Å². The maximum absolute atomic E-state index is 12.2. The number of rotatable bonds is 7. The van der Waals surface area contributed by atoms with Gasteiger partial charge in [0.2, 0.25) is 0 Å². The van der Waals surface area contributed by atoms with Gasteiger partial charge in [0.1, 0.15) is 18.1 Å². The molecule has 28 heavy (non-hydrogen) atoms. The molecule has 8 nitrogen and oxygen atoms in total. The molecule has 0 saturated heterocycles. The van der Waals surface area contributed by atoms with Crippen LogP contribution in [0.4, 0.5) is 0 Å². The number of amides is 1. The fraction of sp³-hybridized carbons (Fsp3) is 0.0526. The number of carbonyl (C=O) groups is 1. The second kappa shape index (κ2) is 8.39. The van der Waals surface area contributed by atoms with Gasteiger partial charge in [0.25, 0.3) is 10.0 Å². The molecular formula is C19H15N3O5S. The average Bonchev–Trinajstić information content (AvgIpc) is 3.20. The highest BCUT2D eigenvalue weighted by Gasteiger charge is 2.17. The van der Waals surface area contributed by atoms with Crippen molar-refractivity contribution in [3.63, 3.8) is 0 Å². The molecule has 0 bridgehead atoms. The van der Waals surface area contributed by atoms with Gasteiger partial charge in [-0.05, 0) is 48.5 Å². The number of ether oxygens (including phenoxy) is 1. The van der Waals surface area contributed by atoms with E-state index >= 15 is 0 Å². The van der Waals surface area contributed by atoms with E-state index in [1.54, 1.807) is 18.2 Å². The molecule has 0 unspecified atom stereocenters. The molecule has 3 rings (SSSR count). The highest BCUT2D eigenvalue weighted by molar-refractivity contribution is 7.89. The predicted octanol–water partition coefficient (Wildman–Crippen LogP) is 2.35. The van der Waals surface area contributed by atoms with Crippen LogP contribution in [0.1, 0.15) is 21.9 Å². The summed E-state index contributed by atoms with van der Waals surface area (Å²) in [5.74, 6) is 0.224. The number of furan rings is 1. The Labute approximate surface area is 161 Å². The van der Waals surface area contributed by atoms with Gasteiger partial charge in [-0.15, -0.1) is 4.83 Å². The van der Waals surface area contributed by atoms with Crippen LogP contribution >= 0.6 is 0 Å². The largest absolute Gasteiger partial charge is 0.486 e. The van der Waals surface area contributed by atoms with E-state index < -0.39 is 15.9 Å². The molecular weight excluding hydrogens is 382 g/mol. The van der Waals surface area contributed by atoms with E-state index in [1.165, 1.54) is 30.3 Å². The summed E-state index contributed by atoms with van der Waals surface area (Å²) in [4.78, 5) is 14.0. The fourth-order valence-corrected chi connectivity index (χ4v) is 3.03. The van der Waals surface area contributed by atoms with E-state index in [0.29, 0.717) is 17.1 Å². The van der Waals surface area contributed by atoms with E-state index in [1.807, 2.05) is 29.1 Å². The van der Waals surface area contributed by atoms with E-state index in [2.05, 4.69) is 5.43 Å². The monoisotopic (exact) mass is 397 g/mol. The first-order chi connectivity index (χ1) is 13.5. The summed E-state index contributed by atoms with van der Waals surface area (Å²) >= 11 is 0. The van der Waals surface area contributed by atoms with E-state index in [9.17, 15) is 13.2 Å². The molecule has 1 aromatic heterocycles. The summed E-state index contributed by atoms with van der Waals surface area (Å²) in [5, 5.41) is 8.75. The van der Waals surface area contributed by atoms with Crippen molar-refractivity contribution in [1.29, 1.82) is 5.26 Å². The lowest BCUT2D eigenvalue weighted by Gasteiger charge is -2.07. The number of nitrogens with one attached hydrogen (secondary N) is 2. The standard InChI is InChI=1S/C19H15N3O5S/c20-12-14-6-9-17(10-7-14)28(24,25)22-21-19(23)18-11-8-16(27-18)13-26-15-4-2-1-3-5-15/h1-11,22H,13H2,(H,21,23). The first kappa shape index (κ1) is 19.2. The molecule has 0 spiro atoms. The third-order valence-electron chi connectivity index (χ3n) is 3.60. The lowest BCUT2D eigenvalue weighted by atomic mass is 10.2. The summed E-state index contributed by atoms with van der Waals surface area (Å²) in [6.07, 6.45) is 0. The topological polar surface area (TPSA) is 121 Å². The minimum atomic E-state index is -3.99. The second-order valence-electron chi connectivity index (χ2n) is 5.56. The van der Waals surface area contributed by atoms with Gasteiger partial charge in [-0.1, -0.05) is 18.2 Å². The third kappa shape index (κ3) is 4.76. The van der Waals surface area contributed by atoms with Crippen LogP contribution in [0.2, 0.25) is 0 Å². The minimum Gasteiger partial charge on any atom is -0.486 e. The summed E-state index contributed by atoms with van der Waals surface area (Å²) < 4.78 is 35.2. The number of nitriles is 1. The number of hydrazine groups is 1. The normalized spacial score (nSPS) is 10.8. The Balaban J connectivity index is 1.57. The van der Waals surface area contributed by atoms with Crippen LogP contribution in [-0.2, 0) is 16.6 Å². The summed E-state index contributed by atoms with van der Waals surface area (Å²) in [6.45, 7) is 0.119. The van der Waals surface area contributed by atoms with Crippen molar-refractivity contribution in [1.82, 2.24) is 10.3 Å². The molecule has 1 amide bonds. The molecule has 2 aromatic carbocycles. The van der Waals surface area contributed by atoms with Gasteiger partial charge in [-0.3, -0.25) is 10.2 Å². The predicted molar refractivity (Wildman–Crippen MR) is 98.4 cm³/mol. The fourth-order valence-electron chi connectivity index (χ4n) is 2.19. The van der Waals surface area contributed by atoms with Crippen molar-refractivity contribution in [2.24, 2.45) is 0 Å². The maximum Gasteiger partial charge on any atom is 0.301 e. The van der Waals surface area contributed by atoms with Gasteiger partial charge in [-0.2, -0.15) is 5.26 Å². The van der Waals surface area contributed by atoms with Gasteiger partial charge in [0, 0.05) is 0 Å². The zero-order chi connectivity index (χ0) is 20.0. The summed E-state index contributed by atoms with van der Waals surface area (Å²) in [5.41, 5.74) is 2.40. The Bertz CT molecular complexity index is 1100. The Hall–Kier alpha value is -3.61. The third-order valence-corrected chi connectivity index (χ3v) is 4.87. The highest BCUT2D eigenvalue weighted by Crippen LogP contribution is 2.14. The number of hydrogen-bond acceptors (Lipinski definition) is 6. The lowest BCUT2D eigenvalue weighted by Crippen LogP contribution is -2.41. The molecule has 0 aliphatic heterocycles. The SMILES string of the molecule is N#Cc1ccc(S(=O)(=O)NNC(=O)c2ccc(COc3ccccc3)o2)cc1. The van der Waals surface area contributed by atoms with E-state index in [-0.39, 0.29) is 17.3 Å². The van der Waals surface area contributed by atoms with Gasteiger partial charge in [0.15, 0.2) is 5.76 Å². The zero-order valence-corrected chi connectivity index (χ0v) is 15.3. The Morgan fingerprint density at radius 1 is 1.04 bits per heavy atom. The Morgan fingerprint density at radius 3 is 2.43 bits per heavy atom. The number of hydrogen-bond donors (Lipinski definition) is 2. The van der Waals surface area contributed by atoms with Gasteiger partial charge < -0.3 is 9.15 Å². The lowest BCUT2D eigenvalue weighted by molar-refractivity contribution is 0.0913. The maximum atomic E-state index is 12.2. The molecule has 0 saturated carbocycles. The first-order valence-electron chi connectivity index (χ1n) is 8.07. The quantitative estimate of drug-likeness (QED) is 0.590.